The van der Waals surface area contributed by atoms with Gasteiger partial charge in [-0.2, -0.15) is 5.26 Å². The fourth-order valence-electron chi connectivity index (χ4n) is 0.367. The molecule has 1 heteroatoms. The third-order valence-corrected chi connectivity index (χ3v) is 0.800. The molecule has 0 bridgehead atoms. The lowest BCUT2D eigenvalue weighted by Gasteiger charge is -1.80. The van der Waals surface area contributed by atoms with Gasteiger partial charge in [0.2, 0.25) is 0 Å². The summed E-state index contributed by atoms with van der Waals surface area (Å²) in [6.07, 6.45) is 3.12. The highest BCUT2D eigenvalue weighted by Gasteiger charge is 1.73. The smallest absolute Gasteiger partial charge is 0.152 e. The van der Waals surface area contributed by atoms with Crippen LogP contribution < -0.4 is 0 Å². The van der Waals surface area contributed by atoms with Crippen molar-refractivity contribution in [1.29, 1.82) is 5.26 Å². The Morgan fingerprint density at radius 1 is 1.50 bits per heavy atom. The molecule has 0 heterocycles. The molecule has 0 saturated heterocycles. The van der Waals surface area contributed by atoms with E-state index >= 15 is 0 Å². The highest BCUT2D eigenvalue weighted by molar-refractivity contribution is 5.16. The Bertz CT molecular complexity index is 131. The van der Waals surface area contributed by atoms with Crippen molar-refractivity contribution >= 4 is 0 Å². The molecule has 0 aliphatic carbocycles. The maximum atomic E-state index is 7.94. The number of hydrogen-bond acceptors (Lipinski definition) is 1. The minimum atomic E-state index is 0.865. The van der Waals surface area contributed by atoms with Crippen LogP contribution in [0.1, 0.15) is 26.2 Å². The van der Waals surface area contributed by atoms with Crippen molar-refractivity contribution < 1.29 is 0 Å². The molecule has 42 valence electrons. The molecule has 0 N–H and O–H groups in total. The summed E-state index contributed by atoms with van der Waals surface area (Å²) < 4.78 is 0. The molecule has 0 amide bonds. The molecule has 0 fully saturated rings. The van der Waals surface area contributed by atoms with E-state index in [9.17, 15) is 0 Å². The molecule has 1 nitrogen and oxygen atoms in total. The second-order valence-corrected chi connectivity index (χ2v) is 1.52. The molecular weight excluding hydrogens is 98.1 g/mol. The minimum absolute atomic E-state index is 0.865. The average Bonchev–Trinajstić information content (AvgIpc) is 1.81. The minimum Gasteiger partial charge on any atom is -0.183 e. The standard InChI is InChI=1S/C7H9N/c1-2-3-4-5-6-7-8/h2-4H2,1H3. The molecule has 0 saturated carbocycles. The van der Waals surface area contributed by atoms with E-state index in [4.69, 9.17) is 5.26 Å². The predicted molar refractivity (Wildman–Crippen MR) is 32.9 cm³/mol. The zero-order chi connectivity index (χ0) is 6.24. The van der Waals surface area contributed by atoms with E-state index in [1.165, 1.54) is 0 Å². The van der Waals surface area contributed by atoms with Gasteiger partial charge in [0.15, 0.2) is 6.07 Å². The lowest BCUT2D eigenvalue weighted by molar-refractivity contribution is 0.828. The summed E-state index contributed by atoms with van der Waals surface area (Å²) in [5.41, 5.74) is 0. The van der Waals surface area contributed by atoms with Crippen molar-refractivity contribution in [3.05, 3.63) is 0 Å². The van der Waals surface area contributed by atoms with E-state index in [1.54, 1.807) is 6.07 Å². The van der Waals surface area contributed by atoms with Crippen molar-refractivity contribution in [2.45, 2.75) is 26.2 Å². The Morgan fingerprint density at radius 3 is 2.75 bits per heavy atom. The van der Waals surface area contributed by atoms with Gasteiger partial charge in [0.25, 0.3) is 0 Å². The SMILES string of the molecule is CCCCC#CC#N. The summed E-state index contributed by atoms with van der Waals surface area (Å²) in [5, 5.41) is 7.94. The zero-order valence-electron chi connectivity index (χ0n) is 5.07. The van der Waals surface area contributed by atoms with Gasteiger partial charge >= 0.3 is 0 Å². The zero-order valence-corrected chi connectivity index (χ0v) is 5.07. The van der Waals surface area contributed by atoms with Gasteiger partial charge in [-0.25, -0.2) is 0 Å². The highest BCUT2D eigenvalue weighted by atomic mass is 14.2. The summed E-state index contributed by atoms with van der Waals surface area (Å²) >= 11 is 0. The van der Waals surface area contributed by atoms with Crippen LogP contribution in [-0.2, 0) is 0 Å². The van der Waals surface area contributed by atoms with Gasteiger partial charge in [-0.3, -0.25) is 0 Å². The Labute approximate surface area is 50.3 Å². The Balaban J connectivity index is 3.06. The average molecular weight is 107 g/mol. The molecule has 0 aromatic heterocycles. The third kappa shape index (κ3) is 5.05. The Morgan fingerprint density at radius 2 is 2.25 bits per heavy atom. The third-order valence-electron chi connectivity index (χ3n) is 0.800. The van der Waals surface area contributed by atoms with Crippen molar-refractivity contribution in [3.63, 3.8) is 0 Å². The van der Waals surface area contributed by atoms with Crippen molar-refractivity contribution in [1.82, 2.24) is 0 Å². The Hall–Kier alpha value is -0.950. The summed E-state index contributed by atoms with van der Waals surface area (Å²) in [4.78, 5) is 0. The van der Waals surface area contributed by atoms with Gasteiger partial charge in [0.05, 0.1) is 0 Å². The molecule has 0 atom stereocenters. The first-order chi connectivity index (χ1) is 3.91. The van der Waals surface area contributed by atoms with E-state index in [0.29, 0.717) is 0 Å². The monoisotopic (exact) mass is 107 g/mol. The number of unbranched alkanes of at least 4 members (excludes halogenated alkanes) is 2. The van der Waals surface area contributed by atoms with Crippen LogP contribution in [0.5, 0.6) is 0 Å². The molecule has 0 aromatic carbocycles. The highest BCUT2D eigenvalue weighted by Crippen LogP contribution is 1.89. The van der Waals surface area contributed by atoms with Crippen LogP contribution in [0.3, 0.4) is 0 Å². The maximum absolute atomic E-state index is 7.94. The molecule has 8 heavy (non-hydrogen) atoms. The number of nitriles is 1. The Kier molecular flexibility index (Phi) is 5.33. The van der Waals surface area contributed by atoms with E-state index in [0.717, 1.165) is 19.3 Å². The van der Waals surface area contributed by atoms with E-state index < -0.39 is 0 Å². The maximum Gasteiger partial charge on any atom is 0.152 e. The van der Waals surface area contributed by atoms with Gasteiger partial charge in [-0.05, 0) is 6.42 Å². The quantitative estimate of drug-likeness (QED) is 0.389. The van der Waals surface area contributed by atoms with Crippen LogP contribution in [-0.4, -0.2) is 0 Å². The fraction of sp³-hybridized carbons (Fsp3) is 0.571. The van der Waals surface area contributed by atoms with Gasteiger partial charge in [-0.1, -0.05) is 19.3 Å². The van der Waals surface area contributed by atoms with Gasteiger partial charge in [0.1, 0.15) is 0 Å². The summed E-state index contributed by atoms with van der Waals surface area (Å²) in [6, 6.07) is 1.77. The lowest BCUT2D eigenvalue weighted by Crippen LogP contribution is -1.65. The van der Waals surface area contributed by atoms with E-state index in [1.807, 2.05) is 0 Å². The summed E-state index contributed by atoms with van der Waals surface area (Å²) in [7, 11) is 0. The fourth-order valence-corrected chi connectivity index (χ4v) is 0.367. The van der Waals surface area contributed by atoms with E-state index in [-0.39, 0.29) is 0 Å². The van der Waals surface area contributed by atoms with Gasteiger partial charge < -0.3 is 0 Å². The largest absolute Gasteiger partial charge is 0.183 e. The molecule has 0 aliphatic rings. The van der Waals surface area contributed by atoms with Crippen molar-refractivity contribution in [2.24, 2.45) is 0 Å². The summed E-state index contributed by atoms with van der Waals surface area (Å²) in [6.45, 7) is 2.11. The molecule has 0 spiro atoms. The summed E-state index contributed by atoms with van der Waals surface area (Å²) in [5.74, 6) is 5.06. The molecule has 0 rings (SSSR count). The normalized spacial score (nSPS) is 6.50. The van der Waals surface area contributed by atoms with Crippen LogP contribution in [0.25, 0.3) is 0 Å². The molecule has 0 aliphatic heterocycles. The molecule has 0 unspecified atom stereocenters. The number of nitrogens with zero attached hydrogens (tertiary/aromatic N) is 1. The first-order valence-electron chi connectivity index (χ1n) is 2.78. The van der Waals surface area contributed by atoms with Crippen LogP contribution in [0.4, 0.5) is 0 Å². The first kappa shape index (κ1) is 7.05. The number of hydrogen-bond donors (Lipinski definition) is 0. The lowest BCUT2D eigenvalue weighted by atomic mass is 10.3. The van der Waals surface area contributed by atoms with Crippen LogP contribution in [0, 0.1) is 23.2 Å². The van der Waals surface area contributed by atoms with Crippen molar-refractivity contribution in [3.8, 4) is 17.9 Å². The number of rotatable bonds is 2. The first-order valence-corrected chi connectivity index (χ1v) is 2.78. The topological polar surface area (TPSA) is 23.8 Å². The van der Waals surface area contributed by atoms with Gasteiger partial charge in [-0.15, -0.1) is 0 Å². The second kappa shape index (κ2) is 6.05. The molecular formula is C7H9N. The van der Waals surface area contributed by atoms with Crippen molar-refractivity contribution in [2.75, 3.05) is 0 Å². The molecule has 0 aromatic rings. The van der Waals surface area contributed by atoms with Crippen LogP contribution >= 0.6 is 0 Å². The molecule has 0 radical (unpaired) electrons. The van der Waals surface area contributed by atoms with Crippen LogP contribution in [0.2, 0.25) is 0 Å². The van der Waals surface area contributed by atoms with E-state index in [2.05, 4.69) is 18.8 Å². The second-order valence-electron chi connectivity index (χ2n) is 1.52. The van der Waals surface area contributed by atoms with Crippen LogP contribution in [0.15, 0.2) is 0 Å². The predicted octanol–water partition coefficient (Wildman–Crippen LogP) is 1.70. The van der Waals surface area contributed by atoms with Gasteiger partial charge in [0, 0.05) is 12.3 Å².